The number of alkyl halides is 3. The summed E-state index contributed by atoms with van der Waals surface area (Å²) in [6.07, 6.45) is -4.73. The van der Waals surface area contributed by atoms with Crippen LogP contribution in [-0.2, 0) is 25.5 Å². The predicted octanol–water partition coefficient (Wildman–Crippen LogP) is 2.31. The molecule has 1 amide bonds. The highest BCUT2D eigenvalue weighted by Gasteiger charge is 2.39. The summed E-state index contributed by atoms with van der Waals surface area (Å²) in [6.45, 7) is 0.204. The number of rotatable bonds is 7. The molecule has 0 heterocycles. The Kier molecular flexibility index (Phi) is 7.21. The summed E-state index contributed by atoms with van der Waals surface area (Å²) in [5, 5.41) is 2.05. The number of carbonyl (C=O) groups is 3. The van der Waals surface area contributed by atoms with Crippen LogP contribution in [0, 0.1) is 5.92 Å². The number of amides is 1. The lowest BCUT2D eigenvalue weighted by Crippen LogP contribution is -2.43. The van der Waals surface area contributed by atoms with Crippen LogP contribution in [0.3, 0.4) is 0 Å². The van der Waals surface area contributed by atoms with Crippen LogP contribution in [0.4, 0.5) is 13.2 Å². The molecule has 1 unspecified atom stereocenters. The molecular formula is C15H15ClF3NO4. The van der Waals surface area contributed by atoms with Gasteiger partial charge in [0, 0.05) is 18.0 Å². The van der Waals surface area contributed by atoms with Crippen LogP contribution in [-0.4, -0.2) is 37.0 Å². The van der Waals surface area contributed by atoms with Gasteiger partial charge < -0.3 is 10.1 Å². The average Bonchev–Trinajstić information content (AvgIpc) is 2.48. The lowest BCUT2D eigenvalue weighted by molar-refractivity contribution is -0.174. The van der Waals surface area contributed by atoms with Crippen LogP contribution in [0.15, 0.2) is 24.3 Å². The second kappa shape index (κ2) is 8.68. The van der Waals surface area contributed by atoms with Crippen LogP contribution < -0.4 is 5.32 Å². The van der Waals surface area contributed by atoms with Gasteiger partial charge in [-0.15, -0.1) is 0 Å². The van der Waals surface area contributed by atoms with Crippen molar-refractivity contribution in [3.8, 4) is 0 Å². The number of hydrogen-bond acceptors (Lipinski definition) is 4. The summed E-state index contributed by atoms with van der Waals surface area (Å²) in [5.41, 5.74) is 0.831. The number of halogens is 4. The molecule has 9 heteroatoms. The predicted molar refractivity (Wildman–Crippen MR) is 79.4 cm³/mol. The molecule has 1 aromatic rings. The zero-order chi connectivity index (χ0) is 18.3. The van der Waals surface area contributed by atoms with Crippen molar-refractivity contribution in [1.29, 1.82) is 0 Å². The maximum Gasteiger partial charge on any atom is 0.471 e. The first-order valence-corrected chi connectivity index (χ1v) is 7.25. The highest BCUT2D eigenvalue weighted by molar-refractivity contribution is 6.30. The van der Waals surface area contributed by atoms with Gasteiger partial charge in [-0.3, -0.25) is 14.4 Å². The number of carbonyl (C=O) groups excluding carboxylic acids is 3. The topological polar surface area (TPSA) is 72.5 Å². The summed E-state index contributed by atoms with van der Waals surface area (Å²) in [4.78, 5) is 33.9. The molecular weight excluding hydrogens is 351 g/mol. The zero-order valence-corrected chi connectivity index (χ0v) is 13.4. The van der Waals surface area contributed by atoms with Gasteiger partial charge in [-0.1, -0.05) is 23.7 Å². The third-order valence-corrected chi connectivity index (χ3v) is 3.30. The Morgan fingerprint density at radius 3 is 2.29 bits per heavy atom. The van der Waals surface area contributed by atoms with Gasteiger partial charge in [-0.2, -0.15) is 13.2 Å². The molecule has 0 aliphatic rings. The summed E-state index contributed by atoms with van der Waals surface area (Å²) in [6, 6.07) is 6.76. The molecule has 0 fully saturated rings. The minimum absolute atomic E-state index is 0.0581. The van der Waals surface area contributed by atoms with Crippen LogP contribution in [0.25, 0.3) is 0 Å². The van der Waals surface area contributed by atoms with Crippen molar-refractivity contribution in [3.05, 3.63) is 34.9 Å². The quantitative estimate of drug-likeness (QED) is 0.594. The van der Waals surface area contributed by atoms with E-state index in [0.717, 1.165) is 12.5 Å². The van der Waals surface area contributed by atoms with Crippen molar-refractivity contribution >= 4 is 29.3 Å². The van der Waals surface area contributed by atoms with Gasteiger partial charge in [0.05, 0.1) is 6.61 Å². The summed E-state index contributed by atoms with van der Waals surface area (Å²) in [7, 11) is 0. The van der Waals surface area contributed by atoms with E-state index in [1.807, 2.05) is 0 Å². The Morgan fingerprint density at radius 2 is 1.79 bits per heavy atom. The minimum Gasteiger partial charge on any atom is -0.465 e. The fourth-order valence-corrected chi connectivity index (χ4v) is 1.84. The van der Waals surface area contributed by atoms with Gasteiger partial charge in [-0.25, -0.2) is 0 Å². The lowest BCUT2D eigenvalue weighted by Gasteiger charge is -2.15. The van der Waals surface area contributed by atoms with Crippen molar-refractivity contribution < 1.29 is 32.3 Å². The van der Waals surface area contributed by atoms with Crippen LogP contribution in [0.1, 0.15) is 12.5 Å². The molecule has 0 aliphatic heterocycles. The number of Topliss-reactive ketones (excluding diaryl/α,β-unsaturated/α-hetero) is 1. The molecule has 0 spiro atoms. The van der Waals surface area contributed by atoms with E-state index < -0.39 is 36.3 Å². The average molecular weight is 366 g/mol. The maximum absolute atomic E-state index is 12.1. The normalized spacial score (nSPS) is 12.4. The minimum atomic E-state index is -5.08. The number of ether oxygens (including phenoxy) is 1. The smallest absolute Gasteiger partial charge is 0.465 e. The van der Waals surface area contributed by atoms with Crippen LogP contribution >= 0.6 is 11.6 Å². The molecule has 1 N–H and O–H groups in total. The fourth-order valence-electron chi connectivity index (χ4n) is 1.71. The monoisotopic (exact) mass is 365 g/mol. The van der Waals surface area contributed by atoms with E-state index in [1.54, 1.807) is 24.3 Å². The third-order valence-electron chi connectivity index (χ3n) is 3.05. The molecule has 0 bridgehead atoms. The zero-order valence-electron chi connectivity index (χ0n) is 12.7. The molecule has 0 saturated carbocycles. The van der Waals surface area contributed by atoms with Gasteiger partial charge in [0.25, 0.3) is 0 Å². The molecule has 0 aromatic heterocycles. The number of hydrogen-bond donors (Lipinski definition) is 1. The molecule has 0 radical (unpaired) electrons. The molecule has 5 nitrogen and oxygen atoms in total. The maximum atomic E-state index is 12.1. The molecule has 0 aliphatic carbocycles. The van der Waals surface area contributed by atoms with Crippen molar-refractivity contribution in [2.45, 2.75) is 19.5 Å². The van der Waals surface area contributed by atoms with Crippen molar-refractivity contribution in [1.82, 2.24) is 5.32 Å². The Morgan fingerprint density at radius 1 is 1.21 bits per heavy atom. The first kappa shape index (κ1) is 20.0. The fraction of sp³-hybridized carbons (Fsp3) is 0.400. The summed E-state index contributed by atoms with van der Waals surface area (Å²) < 4.78 is 41.2. The van der Waals surface area contributed by atoms with Crippen molar-refractivity contribution in [2.24, 2.45) is 5.92 Å². The van der Waals surface area contributed by atoms with E-state index in [1.165, 1.54) is 5.32 Å². The van der Waals surface area contributed by atoms with E-state index in [9.17, 15) is 27.6 Å². The SMILES string of the molecule is CC(=O)C(CNC(=O)C(F)(F)F)C(=O)OCCc1ccc(Cl)cc1. The van der Waals surface area contributed by atoms with E-state index in [4.69, 9.17) is 16.3 Å². The van der Waals surface area contributed by atoms with Gasteiger partial charge in [-0.05, 0) is 24.6 Å². The first-order chi connectivity index (χ1) is 11.1. The lowest BCUT2D eigenvalue weighted by atomic mass is 10.1. The highest BCUT2D eigenvalue weighted by Crippen LogP contribution is 2.14. The molecule has 0 saturated heterocycles. The van der Waals surface area contributed by atoms with Gasteiger partial charge in [0.1, 0.15) is 11.7 Å². The van der Waals surface area contributed by atoms with Gasteiger partial charge in [0.15, 0.2) is 0 Å². The Hall–Kier alpha value is -2.09. The highest BCUT2D eigenvalue weighted by atomic mass is 35.5. The van der Waals surface area contributed by atoms with Gasteiger partial charge in [0.2, 0.25) is 0 Å². The van der Waals surface area contributed by atoms with E-state index in [0.29, 0.717) is 11.4 Å². The molecule has 1 rings (SSSR count). The first-order valence-electron chi connectivity index (χ1n) is 6.88. The van der Waals surface area contributed by atoms with Crippen molar-refractivity contribution in [2.75, 3.05) is 13.2 Å². The van der Waals surface area contributed by atoms with Crippen molar-refractivity contribution in [3.63, 3.8) is 0 Å². The second-order valence-corrected chi connectivity index (χ2v) is 5.35. The molecule has 1 atom stereocenters. The number of nitrogens with one attached hydrogen (secondary N) is 1. The third kappa shape index (κ3) is 6.57. The molecule has 132 valence electrons. The number of benzene rings is 1. The Balaban J connectivity index is 2.50. The molecule has 1 aromatic carbocycles. The van der Waals surface area contributed by atoms with E-state index in [2.05, 4.69) is 0 Å². The Bertz CT molecular complexity index is 602. The molecule has 24 heavy (non-hydrogen) atoms. The summed E-state index contributed by atoms with van der Waals surface area (Å²) in [5.74, 6) is -5.39. The van der Waals surface area contributed by atoms with E-state index >= 15 is 0 Å². The number of esters is 1. The largest absolute Gasteiger partial charge is 0.471 e. The van der Waals surface area contributed by atoms with Gasteiger partial charge >= 0.3 is 18.1 Å². The van der Waals surface area contributed by atoms with Crippen LogP contribution in [0.5, 0.6) is 0 Å². The Labute approximate surface area is 141 Å². The number of ketones is 1. The second-order valence-electron chi connectivity index (χ2n) is 4.91. The standard InChI is InChI=1S/C15H15ClF3NO4/c1-9(21)12(8-20-14(23)15(17,18)19)13(22)24-7-6-10-2-4-11(16)5-3-10/h2-5,12H,6-8H2,1H3,(H,20,23). The van der Waals surface area contributed by atoms with E-state index in [-0.39, 0.29) is 6.61 Å². The van der Waals surface area contributed by atoms with Crippen LogP contribution in [0.2, 0.25) is 5.02 Å². The summed E-state index contributed by atoms with van der Waals surface area (Å²) >= 11 is 5.73.